The number of aromatic nitrogens is 2. The van der Waals surface area contributed by atoms with E-state index in [1.54, 1.807) is 4.68 Å². The van der Waals surface area contributed by atoms with E-state index in [-0.39, 0.29) is 0 Å². The zero-order chi connectivity index (χ0) is 12.4. The monoisotopic (exact) mass is 294 g/mol. The van der Waals surface area contributed by atoms with Crippen LogP contribution in [0.15, 0.2) is 34.8 Å². The van der Waals surface area contributed by atoms with Gasteiger partial charge >= 0.3 is 0 Å². The standard InChI is InChI=1S/C13H15BrN2O/c1-9-7-12(16(2)15-9)13(17)8-10-5-3-4-6-11(10)14/h3-7,13,17H,8H2,1-2H3. The number of halogens is 1. The molecular weight excluding hydrogens is 280 g/mol. The van der Waals surface area contributed by atoms with Gasteiger partial charge in [-0.05, 0) is 24.6 Å². The molecule has 4 heteroatoms. The van der Waals surface area contributed by atoms with E-state index >= 15 is 0 Å². The maximum Gasteiger partial charge on any atom is 0.0997 e. The molecular formula is C13H15BrN2O. The fraction of sp³-hybridized carbons (Fsp3) is 0.308. The predicted molar refractivity (Wildman–Crippen MR) is 70.8 cm³/mol. The topological polar surface area (TPSA) is 38.0 Å². The van der Waals surface area contributed by atoms with Crippen molar-refractivity contribution in [2.45, 2.75) is 19.4 Å². The van der Waals surface area contributed by atoms with Gasteiger partial charge < -0.3 is 5.11 Å². The number of aliphatic hydroxyl groups is 1. The lowest BCUT2D eigenvalue weighted by molar-refractivity contribution is 0.168. The van der Waals surface area contributed by atoms with E-state index in [1.807, 2.05) is 44.3 Å². The van der Waals surface area contributed by atoms with E-state index in [2.05, 4.69) is 21.0 Å². The molecule has 90 valence electrons. The molecule has 0 saturated heterocycles. The summed E-state index contributed by atoms with van der Waals surface area (Å²) in [5.41, 5.74) is 2.87. The summed E-state index contributed by atoms with van der Waals surface area (Å²) in [6.45, 7) is 1.93. The average Bonchev–Trinajstić information content (AvgIpc) is 2.61. The number of hydrogen-bond acceptors (Lipinski definition) is 2. The quantitative estimate of drug-likeness (QED) is 0.945. The number of aryl methyl sites for hydroxylation is 2. The molecule has 1 heterocycles. The minimum Gasteiger partial charge on any atom is -0.386 e. The Bertz CT molecular complexity index is 522. The lowest BCUT2D eigenvalue weighted by atomic mass is 10.1. The molecule has 0 aliphatic rings. The Morgan fingerprint density at radius 3 is 2.71 bits per heavy atom. The molecule has 1 aromatic carbocycles. The van der Waals surface area contributed by atoms with Gasteiger partial charge in [-0.3, -0.25) is 4.68 Å². The summed E-state index contributed by atoms with van der Waals surface area (Å²) < 4.78 is 2.76. The number of aliphatic hydroxyl groups excluding tert-OH is 1. The van der Waals surface area contributed by atoms with E-state index in [9.17, 15) is 5.11 Å². The van der Waals surface area contributed by atoms with Crippen LogP contribution in [0.4, 0.5) is 0 Å². The predicted octanol–water partition coefficient (Wildman–Crippen LogP) is 2.77. The Morgan fingerprint density at radius 1 is 1.41 bits per heavy atom. The number of benzene rings is 1. The van der Waals surface area contributed by atoms with Crippen LogP contribution in [-0.4, -0.2) is 14.9 Å². The highest BCUT2D eigenvalue weighted by atomic mass is 79.9. The molecule has 0 aliphatic heterocycles. The van der Waals surface area contributed by atoms with Crippen molar-refractivity contribution in [3.05, 3.63) is 51.8 Å². The molecule has 0 amide bonds. The van der Waals surface area contributed by atoms with E-state index in [4.69, 9.17) is 0 Å². The molecule has 0 aliphatic carbocycles. The largest absolute Gasteiger partial charge is 0.386 e. The van der Waals surface area contributed by atoms with Crippen LogP contribution in [0.2, 0.25) is 0 Å². The Kier molecular flexibility index (Phi) is 3.64. The first-order valence-corrected chi connectivity index (χ1v) is 6.29. The molecule has 1 unspecified atom stereocenters. The maximum atomic E-state index is 10.2. The lowest BCUT2D eigenvalue weighted by Crippen LogP contribution is -2.08. The smallest absolute Gasteiger partial charge is 0.0997 e. The zero-order valence-corrected chi connectivity index (χ0v) is 11.5. The second kappa shape index (κ2) is 5.02. The molecule has 1 aromatic heterocycles. The summed E-state index contributed by atoms with van der Waals surface area (Å²) >= 11 is 3.49. The number of hydrogen-bond donors (Lipinski definition) is 1. The van der Waals surface area contributed by atoms with Gasteiger partial charge in [0.1, 0.15) is 0 Å². The van der Waals surface area contributed by atoms with Gasteiger partial charge in [0.05, 0.1) is 17.5 Å². The van der Waals surface area contributed by atoms with Crippen molar-refractivity contribution >= 4 is 15.9 Å². The molecule has 1 N–H and O–H groups in total. The van der Waals surface area contributed by atoms with Crippen LogP contribution in [0, 0.1) is 6.92 Å². The van der Waals surface area contributed by atoms with Crippen LogP contribution < -0.4 is 0 Å². The van der Waals surface area contributed by atoms with Crippen molar-refractivity contribution in [2.24, 2.45) is 7.05 Å². The average molecular weight is 295 g/mol. The van der Waals surface area contributed by atoms with Crippen LogP contribution in [0.5, 0.6) is 0 Å². The molecule has 2 aromatic rings. The zero-order valence-electron chi connectivity index (χ0n) is 9.89. The van der Waals surface area contributed by atoms with Gasteiger partial charge in [-0.1, -0.05) is 34.1 Å². The van der Waals surface area contributed by atoms with Crippen LogP contribution in [0.1, 0.15) is 23.1 Å². The highest BCUT2D eigenvalue weighted by Crippen LogP contribution is 2.23. The van der Waals surface area contributed by atoms with Crippen molar-refractivity contribution in [1.82, 2.24) is 9.78 Å². The Morgan fingerprint density at radius 2 is 2.12 bits per heavy atom. The van der Waals surface area contributed by atoms with Crippen molar-refractivity contribution < 1.29 is 5.11 Å². The van der Waals surface area contributed by atoms with Crippen LogP contribution in [0.25, 0.3) is 0 Å². The summed E-state index contributed by atoms with van der Waals surface area (Å²) in [6, 6.07) is 9.85. The SMILES string of the molecule is Cc1cc(C(O)Cc2ccccc2Br)n(C)n1. The third-order valence-corrected chi connectivity index (χ3v) is 3.52. The second-order valence-electron chi connectivity index (χ2n) is 4.15. The summed E-state index contributed by atoms with van der Waals surface area (Å²) in [6.07, 6.45) is 0.0559. The van der Waals surface area contributed by atoms with Gasteiger partial charge in [0.15, 0.2) is 0 Å². The summed E-state index contributed by atoms with van der Waals surface area (Å²) in [7, 11) is 1.85. The first-order chi connectivity index (χ1) is 8.08. The van der Waals surface area contributed by atoms with E-state index < -0.39 is 6.10 Å². The molecule has 0 bridgehead atoms. The molecule has 2 rings (SSSR count). The van der Waals surface area contributed by atoms with Crippen LogP contribution in [0.3, 0.4) is 0 Å². The minimum absolute atomic E-state index is 0.528. The summed E-state index contributed by atoms with van der Waals surface area (Å²) in [5, 5.41) is 14.5. The minimum atomic E-state index is -0.528. The van der Waals surface area contributed by atoms with Gasteiger partial charge in [-0.25, -0.2) is 0 Å². The van der Waals surface area contributed by atoms with Crippen LogP contribution in [-0.2, 0) is 13.5 Å². The van der Waals surface area contributed by atoms with Gasteiger partial charge in [-0.15, -0.1) is 0 Å². The number of nitrogens with zero attached hydrogens (tertiary/aromatic N) is 2. The molecule has 0 spiro atoms. The van der Waals surface area contributed by atoms with Crippen molar-refractivity contribution in [2.75, 3.05) is 0 Å². The Labute approximate surface area is 109 Å². The van der Waals surface area contributed by atoms with Gasteiger partial charge in [0.2, 0.25) is 0 Å². The van der Waals surface area contributed by atoms with Gasteiger partial charge in [-0.2, -0.15) is 5.10 Å². The van der Waals surface area contributed by atoms with E-state index in [0.29, 0.717) is 6.42 Å². The highest BCUT2D eigenvalue weighted by molar-refractivity contribution is 9.10. The third-order valence-electron chi connectivity index (χ3n) is 2.75. The Hall–Kier alpha value is -1.13. The van der Waals surface area contributed by atoms with Gasteiger partial charge in [0, 0.05) is 17.9 Å². The molecule has 0 saturated carbocycles. The highest BCUT2D eigenvalue weighted by Gasteiger charge is 2.14. The summed E-state index contributed by atoms with van der Waals surface area (Å²) in [5.74, 6) is 0. The first kappa shape index (κ1) is 12.3. The summed E-state index contributed by atoms with van der Waals surface area (Å²) in [4.78, 5) is 0. The molecule has 0 radical (unpaired) electrons. The van der Waals surface area contributed by atoms with Crippen molar-refractivity contribution in [3.8, 4) is 0 Å². The first-order valence-electron chi connectivity index (χ1n) is 5.50. The normalized spacial score (nSPS) is 12.7. The third kappa shape index (κ3) is 2.76. The van der Waals surface area contributed by atoms with Crippen molar-refractivity contribution in [1.29, 1.82) is 0 Å². The fourth-order valence-electron chi connectivity index (χ4n) is 1.92. The molecule has 17 heavy (non-hydrogen) atoms. The molecule has 0 fully saturated rings. The van der Waals surface area contributed by atoms with Crippen molar-refractivity contribution in [3.63, 3.8) is 0 Å². The van der Waals surface area contributed by atoms with E-state index in [0.717, 1.165) is 21.4 Å². The van der Waals surface area contributed by atoms with Crippen LogP contribution >= 0.6 is 15.9 Å². The number of rotatable bonds is 3. The maximum absolute atomic E-state index is 10.2. The lowest BCUT2D eigenvalue weighted by Gasteiger charge is -2.12. The van der Waals surface area contributed by atoms with E-state index in [1.165, 1.54) is 0 Å². The van der Waals surface area contributed by atoms with Gasteiger partial charge in [0.25, 0.3) is 0 Å². The molecule has 1 atom stereocenters. The fourth-order valence-corrected chi connectivity index (χ4v) is 2.37. The molecule has 3 nitrogen and oxygen atoms in total. The Balaban J connectivity index is 2.20. The second-order valence-corrected chi connectivity index (χ2v) is 5.00.